The van der Waals surface area contributed by atoms with Gasteiger partial charge in [0.25, 0.3) is 0 Å². The number of aliphatic hydroxyl groups excluding tert-OH is 5. The van der Waals surface area contributed by atoms with E-state index in [1.54, 1.807) is 6.08 Å². The van der Waals surface area contributed by atoms with Crippen LogP contribution in [-0.4, -0.2) is 107 Å². The standard InChI is InChI=1S/C41H75NO12S/c1-3-5-7-9-11-13-15-17-18-20-22-24-26-28-30-35(45)40(48)42-33(34(44)29-27-25-23-21-19-16-14-12-10-8-6-4-2)32-52-41-38(47)39(54-55(49,50)51)37(46)36(31-43)53-41/h13,15,19,21,27,29,33-39,41,43-47H,3-12,14,16-18,20,22-26,28,30-32H2,1-2H3,(H,42,48)(H,49,50,51)/b15-13-,21-19+,29-27+. The molecule has 0 spiro atoms. The summed E-state index contributed by atoms with van der Waals surface area (Å²) in [5.74, 6) is -0.721. The van der Waals surface area contributed by atoms with Gasteiger partial charge in [0.05, 0.1) is 25.4 Å². The maximum atomic E-state index is 13.0. The highest BCUT2D eigenvalue weighted by Crippen LogP contribution is 2.26. The van der Waals surface area contributed by atoms with Crippen molar-refractivity contribution in [1.29, 1.82) is 0 Å². The van der Waals surface area contributed by atoms with Crippen LogP contribution in [-0.2, 0) is 28.9 Å². The molecule has 8 atom stereocenters. The molecule has 14 heteroatoms. The van der Waals surface area contributed by atoms with Gasteiger partial charge in [-0.3, -0.25) is 9.35 Å². The van der Waals surface area contributed by atoms with Crippen molar-refractivity contribution in [3.05, 3.63) is 36.5 Å². The molecule has 0 aromatic rings. The molecule has 1 saturated heterocycles. The number of nitrogens with one attached hydrogen (secondary N) is 1. The number of carbonyl (C=O) groups excluding carboxylic acids is 1. The highest BCUT2D eigenvalue weighted by atomic mass is 32.3. The van der Waals surface area contributed by atoms with E-state index in [2.05, 4.69) is 47.7 Å². The molecule has 13 nitrogen and oxygen atoms in total. The fourth-order valence-electron chi connectivity index (χ4n) is 6.35. The highest BCUT2D eigenvalue weighted by molar-refractivity contribution is 7.80. The van der Waals surface area contributed by atoms with Crippen LogP contribution >= 0.6 is 0 Å². The Balaban J connectivity index is 2.68. The molecule has 7 N–H and O–H groups in total. The maximum Gasteiger partial charge on any atom is 0.397 e. The number of aliphatic hydroxyl groups is 5. The Morgan fingerprint density at radius 2 is 1.22 bits per heavy atom. The molecule has 55 heavy (non-hydrogen) atoms. The van der Waals surface area contributed by atoms with Crippen molar-refractivity contribution < 1.29 is 57.0 Å². The van der Waals surface area contributed by atoms with E-state index in [0.29, 0.717) is 12.8 Å². The summed E-state index contributed by atoms with van der Waals surface area (Å²) in [6.45, 7) is 3.13. The molecule has 0 saturated carbocycles. The van der Waals surface area contributed by atoms with Gasteiger partial charge in [0.1, 0.15) is 30.5 Å². The summed E-state index contributed by atoms with van der Waals surface area (Å²) in [7, 11) is -5.12. The van der Waals surface area contributed by atoms with Crippen molar-refractivity contribution in [3.8, 4) is 0 Å². The molecule has 0 aromatic heterocycles. The molecule has 0 radical (unpaired) electrons. The van der Waals surface area contributed by atoms with Crippen LogP contribution in [0.2, 0.25) is 0 Å². The second-order valence-corrected chi connectivity index (χ2v) is 15.8. The number of amides is 1. The van der Waals surface area contributed by atoms with Gasteiger partial charge in [0.2, 0.25) is 5.91 Å². The van der Waals surface area contributed by atoms with E-state index in [0.717, 1.165) is 64.2 Å². The number of unbranched alkanes of at least 4 members (excludes halogenated alkanes) is 17. The zero-order valence-electron chi connectivity index (χ0n) is 33.6. The lowest BCUT2D eigenvalue weighted by Gasteiger charge is -2.41. The average molecular weight is 806 g/mol. The summed E-state index contributed by atoms with van der Waals surface area (Å²) in [6, 6.07) is -1.14. The van der Waals surface area contributed by atoms with Gasteiger partial charge in [0.15, 0.2) is 6.29 Å². The van der Waals surface area contributed by atoms with Gasteiger partial charge in [-0.2, -0.15) is 8.42 Å². The lowest BCUT2D eigenvalue weighted by Crippen LogP contribution is -2.61. The average Bonchev–Trinajstić information content (AvgIpc) is 3.15. The molecule has 0 aromatic carbocycles. The van der Waals surface area contributed by atoms with Crippen LogP contribution in [0.25, 0.3) is 0 Å². The number of hydrogen-bond donors (Lipinski definition) is 7. The second-order valence-electron chi connectivity index (χ2n) is 14.7. The van der Waals surface area contributed by atoms with Gasteiger partial charge in [-0.1, -0.05) is 134 Å². The first-order valence-corrected chi connectivity index (χ1v) is 22.3. The van der Waals surface area contributed by atoms with Crippen LogP contribution in [0.5, 0.6) is 0 Å². The number of ether oxygens (including phenoxy) is 2. The third-order valence-corrected chi connectivity index (χ3v) is 10.2. The highest BCUT2D eigenvalue weighted by Gasteiger charge is 2.48. The third-order valence-electron chi connectivity index (χ3n) is 9.75. The summed E-state index contributed by atoms with van der Waals surface area (Å²) in [5, 5.41) is 54.9. The van der Waals surface area contributed by atoms with Crippen LogP contribution in [0.1, 0.15) is 155 Å². The lowest BCUT2D eigenvalue weighted by atomic mass is 9.99. The molecule has 0 aliphatic carbocycles. The van der Waals surface area contributed by atoms with E-state index in [1.807, 2.05) is 0 Å². The van der Waals surface area contributed by atoms with Crippen molar-refractivity contribution in [2.24, 2.45) is 0 Å². The van der Waals surface area contributed by atoms with Crippen molar-refractivity contribution in [1.82, 2.24) is 5.32 Å². The Kier molecular flexibility index (Phi) is 30.1. The third kappa shape index (κ3) is 25.3. The Morgan fingerprint density at radius 1 is 0.727 bits per heavy atom. The van der Waals surface area contributed by atoms with E-state index < -0.39 is 78.5 Å². The Bertz CT molecular complexity index is 1150. The van der Waals surface area contributed by atoms with Crippen LogP contribution in [0, 0.1) is 0 Å². The zero-order valence-corrected chi connectivity index (χ0v) is 34.4. The van der Waals surface area contributed by atoms with Crippen molar-refractivity contribution in [2.75, 3.05) is 13.2 Å². The SMILES string of the molecule is CCCCCC/C=C\CCCCCCCCC(O)C(=O)NC(COC1OC(CO)C(O)C(OS(=O)(=O)O)C1O)C(O)/C=C/CC/C=C/CCCCCCCC. The fraction of sp³-hybridized carbons (Fsp3) is 0.829. The minimum atomic E-state index is -5.12. The largest absolute Gasteiger partial charge is 0.397 e. The quantitative estimate of drug-likeness (QED) is 0.0223. The van der Waals surface area contributed by atoms with Gasteiger partial charge in [-0.15, -0.1) is 0 Å². The molecule has 1 aliphatic heterocycles. The molecule has 8 unspecified atom stereocenters. The van der Waals surface area contributed by atoms with Crippen LogP contribution in [0.3, 0.4) is 0 Å². The van der Waals surface area contributed by atoms with Crippen molar-refractivity contribution in [2.45, 2.75) is 204 Å². The number of allylic oxidation sites excluding steroid dienone is 5. The summed E-state index contributed by atoms with van der Waals surface area (Å²) < 4.78 is 47.3. The predicted molar refractivity (Wildman–Crippen MR) is 214 cm³/mol. The van der Waals surface area contributed by atoms with Crippen molar-refractivity contribution in [3.63, 3.8) is 0 Å². The molecule has 1 rings (SSSR count). The van der Waals surface area contributed by atoms with Crippen LogP contribution in [0.4, 0.5) is 0 Å². The smallest absolute Gasteiger partial charge is 0.394 e. The molecular weight excluding hydrogens is 731 g/mol. The van der Waals surface area contributed by atoms with E-state index in [4.69, 9.17) is 14.0 Å². The topological polar surface area (TPSA) is 212 Å². The zero-order chi connectivity index (χ0) is 40.7. The normalized spacial score (nSPS) is 22.5. The first kappa shape index (κ1) is 51.3. The second kappa shape index (κ2) is 32.3. The molecule has 322 valence electrons. The van der Waals surface area contributed by atoms with Gasteiger partial charge < -0.3 is 40.3 Å². The summed E-state index contributed by atoms with van der Waals surface area (Å²) in [6.07, 6.45) is 23.8. The Morgan fingerprint density at radius 3 is 1.76 bits per heavy atom. The molecular formula is C41H75NO12S. The summed E-state index contributed by atoms with van der Waals surface area (Å²) in [4.78, 5) is 13.0. The Hall–Kier alpha value is -1.72. The van der Waals surface area contributed by atoms with E-state index in [9.17, 15) is 38.7 Å². The number of hydrogen-bond acceptors (Lipinski definition) is 11. The molecule has 0 bridgehead atoms. The van der Waals surface area contributed by atoms with Crippen molar-refractivity contribution >= 4 is 16.3 Å². The summed E-state index contributed by atoms with van der Waals surface area (Å²) in [5.41, 5.74) is 0. The minimum absolute atomic E-state index is 0.229. The molecule has 1 heterocycles. The fourth-order valence-corrected chi connectivity index (χ4v) is 6.86. The Labute approximate surface area is 331 Å². The number of carbonyl (C=O) groups is 1. The van der Waals surface area contributed by atoms with Crippen LogP contribution < -0.4 is 5.32 Å². The molecule has 1 fully saturated rings. The summed E-state index contributed by atoms with van der Waals surface area (Å²) >= 11 is 0. The van der Waals surface area contributed by atoms with Gasteiger partial charge >= 0.3 is 10.4 Å². The predicted octanol–water partition coefficient (Wildman–Crippen LogP) is 6.13. The lowest BCUT2D eigenvalue weighted by molar-refractivity contribution is -0.298. The first-order chi connectivity index (χ1) is 26.4. The molecule has 1 amide bonds. The van der Waals surface area contributed by atoms with Gasteiger partial charge in [-0.05, 0) is 57.8 Å². The number of rotatable bonds is 34. The van der Waals surface area contributed by atoms with Crippen LogP contribution in [0.15, 0.2) is 36.5 Å². The van der Waals surface area contributed by atoms with E-state index >= 15 is 0 Å². The van der Waals surface area contributed by atoms with Gasteiger partial charge in [0, 0.05) is 0 Å². The maximum absolute atomic E-state index is 13.0. The van der Waals surface area contributed by atoms with E-state index in [1.165, 1.54) is 63.9 Å². The van der Waals surface area contributed by atoms with Gasteiger partial charge in [-0.25, -0.2) is 4.18 Å². The molecule has 1 aliphatic rings. The monoisotopic (exact) mass is 806 g/mol. The minimum Gasteiger partial charge on any atom is -0.394 e. The van der Waals surface area contributed by atoms with E-state index in [-0.39, 0.29) is 6.42 Å². The first-order valence-electron chi connectivity index (χ1n) is 21.0.